The third-order valence-electron chi connectivity index (χ3n) is 4.51. The van der Waals surface area contributed by atoms with Crippen molar-refractivity contribution in [3.63, 3.8) is 0 Å². The van der Waals surface area contributed by atoms with E-state index < -0.39 is 5.97 Å². The fraction of sp³-hybridized carbons (Fsp3) is 0.333. The number of anilines is 1. The highest BCUT2D eigenvalue weighted by atomic mass is 32.2. The number of hydrogen-bond donors (Lipinski definition) is 0. The lowest BCUT2D eigenvalue weighted by atomic mass is 10.1. The predicted octanol–water partition coefficient (Wildman–Crippen LogP) is 4.08. The van der Waals surface area contributed by atoms with Gasteiger partial charge in [0.2, 0.25) is 0 Å². The Morgan fingerprint density at radius 1 is 1.22 bits per heavy atom. The highest BCUT2D eigenvalue weighted by molar-refractivity contribution is 8.00. The molecule has 0 aromatic heterocycles. The summed E-state index contributed by atoms with van der Waals surface area (Å²) in [7, 11) is 1.55. The molecular formula is C21H23NO4S. The number of rotatable bonds is 4. The second-order valence-corrected chi connectivity index (χ2v) is 7.97. The van der Waals surface area contributed by atoms with Gasteiger partial charge in [-0.1, -0.05) is 25.1 Å². The molecule has 0 bridgehead atoms. The first kappa shape index (κ1) is 19.3. The average Bonchev–Trinajstić information content (AvgIpc) is 2.84. The van der Waals surface area contributed by atoms with E-state index in [0.29, 0.717) is 23.1 Å². The first-order valence-electron chi connectivity index (χ1n) is 8.87. The molecule has 1 amide bonds. The summed E-state index contributed by atoms with van der Waals surface area (Å²) in [5.74, 6) is -0.139. The molecule has 2 aromatic carbocycles. The molecule has 0 spiro atoms. The summed E-state index contributed by atoms with van der Waals surface area (Å²) < 4.78 is 10.5. The van der Waals surface area contributed by atoms with Gasteiger partial charge in [-0.3, -0.25) is 4.79 Å². The van der Waals surface area contributed by atoms with Crippen LogP contribution in [0.5, 0.6) is 5.75 Å². The molecule has 1 aliphatic rings. The van der Waals surface area contributed by atoms with Crippen molar-refractivity contribution in [1.82, 2.24) is 0 Å². The number of benzene rings is 2. The SMILES string of the molecule is COc1cc(C(=O)OCC(=O)N2CCC(C)Sc3ccccc32)ccc1C. The van der Waals surface area contributed by atoms with E-state index in [1.807, 2.05) is 31.2 Å². The van der Waals surface area contributed by atoms with Gasteiger partial charge in [0.05, 0.1) is 18.4 Å². The maximum absolute atomic E-state index is 12.7. The van der Waals surface area contributed by atoms with Crippen LogP contribution in [0.25, 0.3) is 0 Å². The Bertz CT molecular complexity index is 852. The molecule has 1 unspecified atom stereocenters. The summed E-state index contributed by atoms with van der Waals surface area (Å²) in [6.45, 7) is 4.37. The van der Waals surface area contributed by atoms with E-state index in [-0.39, 0.29) is 12.5 Å². The van der Waals surface area contributed by atoms with Crippen molar-refractivity contribution >= 4 is 29.3 Å². The summed E-state index contributed by atoms with van der Waals surface area (Å²) >= 11 is 1.76. The maximum atomic E-state index is 12.7. The molecule has 2 aromatic rings. The van der Waals surface area contributed by atoms with Gasteiger partial charge in [0.15, 0.2) is 6.61 Å². The molecule has 6 heteroatoms. The fourth-order valence-corrected chi connectivity index (χ4v) is 4.09. The smallest absolute Gasteiger partial charge is 0.338 e. The van der Waals surface area contributed by atoms with Crippen molar-refractivity contribution in [2.75, 3.05) is 25.2 Å². The number of para-hydroxylation sites is 1. The molecule has 5 nitrogen and oxygen atoms in total. The van der Waals surface area contributed by atoms with Crippen LogP contribution in [0.1, 0.15) is 29.3 Å². The normalized spacial score (nSPS) is 16.3. The zero-order valence-electron chi connectivity index (χ0n) is 15.7. The average molecular weight is 385 g/mol. The number of hydrogen-bond acceptors (Lipinski definition) is 5. The molecule has 0 radical (unpaired) electrons. The summed E-state index contributed by atoms with van der Waals surface area (Å²) in [5.41, 5.74) is 2.17. The Morgan fingerprint density at radius 2 is 2.00 bits per heavy atom. The van der Waals surface area contributed by atoms with E-state index >= 15 is 0 Å². The topological polar surface area (TPSA) is 55.8 Å². The third-order valence-corrected chi connectivity index (χ3v) is 5.75. The van der Waals surface area contributed by atoms with E-state index in [9.17, 15) is 9.59 Å². The van der Waals surface area contributed by atoms with Gasteiger partial charge >= 0.3 is 5.97 Å². The Balaban J connectivity index is 1.70. The van der Waals surface area contributed by atoms with Crippen molar-refractivity contribution in [3.05, 3.63) is 53.6 Å². The van der Waals surface area contributed by atoms with Crippen molar-refractivity contribution < 1.29 is 19.1 Å². The van der Waals surface area contributed by atoms with Crippen LogP contribution in [0.15, 0.2) is 47.4 Å². The Hall–Kier alpha value is -2.47. The van der Waals surface area contributed by atoms with Crippen LogP contribution in [-0.2, 0) is 9.53 Å². The molecule has 0 N–H and O–H groups in total. The number of thioether (sulfide) groups is 1. The van der Waals surface area contributed by atoms with Crippen LogP contribution in [0.2, 0.25) is 0 Å². The molecule has 3 rings (SSSR count). The molecule has 0 saturated carbocycles. The minimum atomic E-state index is -0.535. The van der Waals surface area contributed by atoms with Gasteiger partial charge in [0.25, 0.3) is 5.91 Å². The van der Waals surface area contributed by atoms with Crippen LogP contribution in [0, 0.1) is 6.92 Å². The highest BCUT2D eigenvalue weighted by Gasteiger charge is 2.25. The number of ether oxygens (including phenoxy) is 2. The minimum absolute atomic E-state index is 0.218. The van der Waals surface area contributed by atoms with Gasteiger partial charge in [-0.25, -0.2) is 4.79 Å². The summed E-state index contributed by atoms with van der Waals surface area (Å²) in [5, 5.41) is 0.423. The zero-order chi connectivity index (χ0) is 19.4. The van der Waals surface area contributed by atoms with Gasteiger partial charge in [-0.2, -0.15) is 0 Å². The van der Waals surface area contributed by atoms with E-state index in [2.05, 4.69) is 6.92 Å². The Kier molecular flexibility index (Phi) is 6.06. The first-order chi connectivity index (χ1) is 13.0. The Labute approximate surface area is 163 Å². The quantitative estimate of drug-likeness (QED) is 0.743. The summed E-state index contributed by atoms with van der Waals surface area (Å²) in [6.07, 6.45) is 0.883. The molecule has 0 saturated heterocycles. The van der Waals surface area contributed by atoms with E-state index in [4.69, 9.17) is 9.47 Å². The van der Waals surface area contributed by atoms with E-state index in [1.165, 1.54) is 0 Å². The highest BCUT2D eigenvalue weighted by Crippen LogP contribution is 2.37. The summed E-state index contributed by atoms with van der Waals surface area (Å²) in [4.78, 5) is 27.9. The number of fused-ring (bicyclic) bond motifs is 1. The number of carbonyl (C=O) groups is 2. The molecule has 1 heterocycles. The van der Waals surface area contributed by atoms with E-state index in [1.54, 1.807) is 42.0 Å². The van der Waals surface area contributed by atoms with Crippen LogP contribution < -0.4 is 9.64 Å². The van der Waals surface area contributed by atoms with Crippen molar-refractivity contribution in [2.24, 2.45) is 0 Å². The van der Waals surface area contributed by atoms with Gasteiger partial charge in [0.1, 0.15) is 5.75 Å². The van der Waals surface area contributed by atoms with Gasteiger partial charge < -0.3 is 14.4 Å². The number of aryl methyl sites for hydroxylation is 1. The van der Waals surface area contributed by atoms with Crippen LogP contribution in [-0.4, -0.2) is 37.4 Å². The standard InChI is InChI=1S/C21H23NO4S/c1-14-8-9-16(12-18(14)25-3)21(24)26-13-20(23)22-11-10-15(2)27-19-7-5-4-6-17(19)22/h4-9,12,15H,10-11,13H2,1-3H3. The number of methoxy groups -OCH3 is 1. The second kappa shape index (κ2) is 8.48. The molecule has 1 aliphatic heterocycles. The van der Waals surface area contributed by atoms with Crippen LogP contribution in [0.4, 0.5) is 5.69 Å². The summed E-state index contributed by atoms with van der Waals surface area (Å²) in [6, 6.07) is 12.9. The zero-order valence-corrected chi connectivity index (χ0v) is 16.5. The van der Waals surface area contributed by atoms with E-state index in [0.717, 1.165) is 22.6 Å². The second-order valence-electron chi connectivity index (χ2n) is 6.49. The maximum Gasteiger partial charge on any atom is 0.338 e. The monoisotopic (exact) mass is 385 g/mol. The number of esters is 1. The van der Waals surface area contributed by atoms with Crippen molar-refractivity contribution in [3.8, 4) is 5.75 Å². The van der Waals surface area contributed by atoms with Gasteiger partial charge in [-0.05, 0) is 43.2 Å². The lowest BCUT2D eigenvalue weighted by molar-refractivity contribution is -0.121. The largest absolute Gasteiger partial charge is 0.496 e. The first-order valence-corrected chi connectivity index (χ1v) is 9.75. The minimum Gasteiger partial charge on any atom is -0.496 e. The van der Waals surface area contributed by atoms with Gasteiger partial charge in [-0.15, -0.1) is 11.8 Å². The van der Waals surface area contributed by atoms with Gasteiger partial charge in [0, 0.05) is 16.7 Å². The number of carbonyl (C=O) groups excluding carboxylic acids is 2. The molecule has 142 valence electrons. The molecule has 0 fully saturated rings. The van der Waals surface area contributed by atoms with Crippen LogP contribution >= 0.6 is 11.8 Å². The molecule has 1 atom stereocenters. The Morgan fingerprint density at radius 3 is 2.78 bits per heavy atom. The third kappa shape index (κ3) is 4.45. The molecule has 0 aliphatic carbocycles. The predicted molar refractivity (Wildman–Crippen MR) is 107 cm³/mol. The van der Waals surface area contributed by atoms with Crippen molar-refractivity contribution in [2.45, 2.75) is 30.4 Å². The molecule has 27 heavy (non-hydrogen) atoms. The molecular weight excluding hydrogens is 362 g/mol. The number of nitrogens with zero attached hydrogens (tertiary/aromatic N) is 1. The lowest BCUT2D eigenvalue weighted by Gasteiger charge is -2.22. The van der Waals surface area contributed by atoms with Crippen LogP contribution in [0.3, 0.4) is 0 Å². The fourth-order valence-electron chi connectivity index (χ4n) is 2.98. The lowest BCUT2D eigenvalue weighted by Crippen LogP contribution is -2.35. The number of amides is 1. The van der Waals surface area contributed by atoms with Crippen molar-refractivity contribution in [1.29, 1.82) is 0 Å².